The summed E-state index contributed by atoms with van der Waals surface area (Å²) in [6, 6.07) is 0. The Hall–Kier alpha value is -1.21. The van der Waals surface area contributed by atoms with Crippen LogP contribution in [-0.2, 0) is 47.4 Å². The number of aliphatic hydroxyl groups is 13. The first-order valence-electron chi connectivity index (χ1n) is 27.3. The van der Waals surface area contributed by atoms with Crippen LogP contribution >= 0.6 is 0 Å². The summed E-state index contributed by atoms with van der Waals surface area (Å²) in [6.45, 7) is 8.67. The van der Waals surface area contributed by atoms with Crippen molar-refractivity contribution in [3.63, 3.8) is 0 Å². The average Bonchev–Trinajstić information content (AvgIpc) is 3.87. The molecule has 0 aromatic rings. The van der Waals surface area contributed by atoms with Crippen LogP contribution in [0.1, 0.15) is 98.8 Å². The number of aliphatic hydroxyl groups excluding tert-OH is 13. The molecule has 0 radical (unpaired) electrons. The van der Waals surface area contributed by atoms with Gasteiger partial charge in [-0.15, -0.1) is 0 Å². The molecule has 30 unspecified atom stereocenters. The summed E-state index contributed by atoms with van der Waals surface area (Å²) in [4.78, 5) is 12.6. The summed E-state index contributed by atoms with van der Waals surface area (Å²) in [5.74, 6) is 0.0694. The molecule has 0 aromatic carbocycles. The molecule has 5 aliphatic carbocycles. The van der Waals surface area contributed by atoms with Crippen LogP contribution in [-0.4, -0.2) is 241 Å². The van der Waals surface area contributed by atoms with E-state index in [0.29, 0.717) is 38.7 Å². The third-order valence-electron chi connectivity index (χ3n) is 22.1. The van der Waals surface area contributed by atoms with Gasteiger partial charge in [-0.05, 0) is 92.8 Å². The van der Waals surface area contributed by atoms with E-state index in [1.165, 1.54) is 0 Å². The molecule has 5 saturated carbocycles. The molecule has 430 valence electrons. The average molecular weight is 1080 g/mol. The lowest BCUT2D eigenvalue weighted by atomic mass is 9.30. The Balaban J connectivity index is 0.913. The molecule has 5 saturated heterocycles. The smallest absolute Gasteiger partial charge is 0.187 e. The summed E-state index contributed by atoms with van der Waals surface area (Å²) in [7, 11) is 0. The number of hydrogen-bond acceptors (Lipinski definition) is 23. The van der Waals surface area contributed by atoms with Gasteiger partial charge in [-0.3, -0.25) is 0 Å². The maximum absolute atomic E-state index is 12.6. The molecule has 10 aliphatic rings. The molecule has 5 heterocycles. The van der Waals surface area contributed by atoms with Crippen LogP contribution in [0.25, 0.3) is 0 Å². The summed E-state index contributed by atoms with van der Waals surface area (Å²) in [5, 5.41) is 142. The van der Waals surface area contributed by atoms with Gasteiger partial charge in [0, 0.05) is 21.7 Å². The topological polar surface area (TPSA) is 363 Å². The maximum atomic E-state index is 12.6. The molecule has 0 amide bonds. The van der Waals surface area contributed by atoms with Gasteiger partial charge in [0.2, 0.25) is 0 Å². The molecule has 1 spiro atoms. The van der Waals surface area contributed by atoms with Gasteiger partial charge in [-0.2, -0.15) is 0 Å². The lowest BCUT2D eigenvalue weighted by Gasteiger charge is -2.75. The van der Waals surface area contributed by atoms with Crippen molar-refractivity contribution in [3.05, 3.63) is 0 Å². The summed E-state index contributed by atoms with van der Waals surface area (Å²) >= 11 is 0. The molecule has 23 heteroatoms. The van der Waals surface area contributed by atoms with E-state index in [-0.39, 0.29) is 40.6 Å². The van der Waals surface area contributed by atoms with Gasteiger partial charge in [0.15, 0.2) is 25.2 Å². The van der Waals surface area contributed by atoms with Gasteiger partial charge in [-0.25, -0.2) is 0 Å². The zero-order valence-corrected chi connectivity index (χ0v) is 43.6. The Kier molecular flexibility index (Phi) is 15.5. The highest BCUT2D eigenvalue weighted by Crippen LogP contribution is 2.80. The lowest BCUT2D eigenvalue weighted by Crippen LogP contribution is -2.74. The Labute approximate surface area is 436 Å². The standard InChI is InChI=1S/C52H84O23/c1-46(20-55)12-13-51-22-69-52(29(51)14-46)11-7-28-47(2)9-8-31(48(3,21-56)27(47)6-10-49(28,4)50(52,5)15-30(51)58)73-44-40(75-43-39(66)36(63)33(60)24(16-53)70-43)35(62)26(19-68-44)72-45-41(37(64)34(61)25(17-54)71-45)74-42-38(65)32(59)23(57)18-67-42/h20,23-45,53-54,56-66H,6-19,21-22H2,1-5H3. The van der Waals surface area contributed by atoms with E-state index in [2.05, 4.69) is 20.8 Å². The van der Waals surface area contributed by atoms with Crippen molar-refractivity contribution in [2.24, 2.45) is 50.2 Å². The predicted octanol–water partition coefficient (Wildman–Crippen LogP) is -2.92. The number of fused-ring (bicyclic) bond motifs is 4. The normalized spacial score (nSPS) is 58.8. The highest BCUT2D eigenvalue weighted by molar-refractivity contribution is 5.59. The zero-order valence-electron chi connectivity index (χ0n) is 43.6. The highest BCUT2D eigenvalue weighted by atomic mass is 16.8. The van der Waals surface area contributed by atoms with Gasteiger partial charge in [0.25, 0.3) is 0 Å². The number of hydrogen-bond donors (Lipinski definition) is 13. The highest BCUT2D eigenvalue weighted by Gasteiger charge is 2.80. The van der Waals surface area contributed by atoms with Gasteiger partial charge in [0.1, 0.15) is 91.7 Å². The molecule has 75 heavy (non-hydrogen) atoms. The minimum atomic E-state index is -1.93. The van der Waals surface area contributed by atoms with Crippen LogP contribution in [0.3, 0.4) is 0 Å². The molecule has 30 atom stereocenters. The van der Waals surface area contributed by atoms with Crippen molar-refractivity contribution in [1.29, 1.82) is 0 Å². The molecule has 5 aliphatic heterocycles. The molecule has 23 nitrogen and oxygen atoms in total. The van der Waals surface area contributed by atoms with Crippen LogP contribution in [0.4, 0.5) is 0 Å². The van der Waals surface area contributed by atoms with Crippen LogP contribution in [0.15, 0.2) is 0 Å². The largest absolute Gasteiger partial charge is 0.396 e. The third-order valence-corrected chi connectivity index (χ3v) is 22.1. The van der Waals surface area contributed by atoms with Crippen LogP contribution in [0, 0.1) is 50.2 Å². The van der Waals surface area contributed by atoms with E-state index in [0.717, 1.165) is 38.4 Å². The first-order valence-corrected chi connectivity index (χ1v) is 27.3. The molecule has 10 rings (SSSR count). The van der Waals surface area contributed by atoms with Crippen molar-refractivity contribution in [1.82, 2.24) is 0 Å². The second kappa shape index (κ2) is 20.3. The second-order valence-corrected chi connectivity index (χ2v) is 25.6. The van der Waals surface area contributed by atoms with Crippen LogP contribution < -0.4 is 0 Å². The Morgan fingerprint density at radius 1 is 0.560 bits per heavy atom. The minimum Gasteiger partial charge on any atom is -0.396 e. The number of ether oxygens (including phenoxy) is 9. The quantitative estimate of drug-likeness (QED) is 0.0688. The molecular weight excluding hydrogens is 993 g/mol. The van der Waals surface area contributed by atoms with E-state index < -0.39 is 171 Å². The van der Waals surface area contributed by atoms with E-state index in [4.69, 9.17) is 42.6 Å². The van der Waals surface area contributed by atoms with E-state index >= 15 is 0 Å². The van der Waals surface area contributed by atoms with Crippen LogP contribution in [0.2, 0.25) is 0 Å². The fourth-order valence-corrected chi connectivity index (χ4v) is 17.4. The Morgan fingerprint density at radius 3 is 1.87 bits per heavy atom. The summed E-state index contributed by atoms with van der Waals surface area (Å²) in [5.41, 5.74) is -3.39. The van der Waals surface area contributed by atoms with Crippen molar-refractivity contribution < 1.29 is 114 Å². The number of carbonyl (C=O) groups is 1. The molecule has 2 bridgehead atoms. The van der Waals surface area contributed by atoms with Crippen molar-refractivity contribution >= 4 is 6.29 Å². The van der Waals surface area contributed by atoms with Crippen molar-refractivity contribution in [2.75, 3.05) is 39.6 Å². The minimum absolute atomic E-state index is 0.0322. The zero-order chi connectivity index (χ0) is 54.2. The van der Waals surface area contributed by atoms with E-state index in [9.17, 15) is 71.2 Å². The number of aldehydes is 1. The van der Waals surface area contributed by atoms with Gasteiger partial charge < -0.3 is 114 Å². The molecule has 0 aromatic heterocycles. The van der Waals surface area contributed by atoms with Crippen molar-refractivity contribution in [3.8, 4) is 0 Å². The fourth-order valence-electron chi connectivity index (χ4n) is 17.4. The summed E-state index contributed by atoms with van der Waals surface area (Å²) in [6.07, 6.45) is -23.9. The van der Waals surface area contributed by atoms with Crippen LogP contribution in [0.5, 0.6) is 0 Å². The van der Waals surface area contributed by atoms with Crippen molar-refractivity contribution in [2.45, 2.75) is 227 Å². The van der Waals surface area contributed by atoms with Gasteiger partial charge >= 0.3 is 0 Å². The Morgan fingerprint density at radius 2 is 1.19 bits per heavy atom. The van der Waals surface area contributed by atoms with E-state index in [1.807, 2.05) is 13.8 Å². The molecule has 10 fully saturated rings. The third kappa shape index (κ3) is 8.53. The Bertz CT molecular complexity index is 2040. The van der Waals surface area contributed by atoms with Gasteiger partial charge in [0.05, 0.1) is 57.5 Å². The fraction of sp³-hybridized carbons (Fsp3) is 0.981. The first-order chi connectivity index (χ1) is 35.4. The SMILES string of the molecule is CC1(C=O)CCC23COC4(CCC5C6(C)CCC(OC7OCC(OC8OC(CO)C(O)C(O)C8OC8OCC(O)C(O)C8O)C(O)C7OC7OC(CO)C(O)C(O)C7O)C(C)(CO)C6CCC5(C)C4(C)CC2O)C3C1. The predicted molar refractivity (Wildman–Crippen MR) is 252 cm³/mol. The second-order valence-electron chi connectivity index (χ2n) is 25.6. The molecule has 13 N–H and O–H groups in total. The summed E-state index contributed by atoms with van der Waals surface area (Å²) < 4.78 is 55.6. The number of rotatable bonds is 12. The maximum Gasteiger partial charge on any atom is 0.187 e. The number of carbonyl (C=O) groups excluding carboxylic acids is 1. The lowest BCUT2D eigenvalue weighted by molar-refractivity contribution is -0.393. The van der Waals surface area contributed by atoms with Gasteiger partial charge in [-0.1, -0.05) is 34.6 Å². The van der Waals surface area contributed by atoms with E-state index in [1.54, 1.807) is 0 Å². The first kappa shape index (κ1) is 57.0. The monoisotopic (exact) mass is 1080 g/mol. The molecular formula is C52H84O23.